The molecule has 4 heteroatoms. The number of hydrogen-bond acceptors (Lipinski definition) is 3. The van der Waals surface area contributed by atoms with Gasteiger partial charge >= 0.3 is 0 Å². The lowest BCUT2D eigenvalue weighted by Crippen LogP contribution is -2.01. The van der Waals surface area contributed by atoms with E-state index in [2.05, 4.69) is 16.5 Å². The van der Waals surface area contributed by atoms with E-state index in [1.807, 2.05) is 11.7 Å². The van der Waals surface area contributed by atoms with E-state index in [0.29, 0.717) is 0 Å². The summed E-state index contributed by atoms with van der Waals surface area (Å²) in [5, 5.41) is 6.57. The van der Waals surface area contributed by atoms with Gasteiger partial charge in [-0.25, -0.2) is 0 Å². The first-order chi connectivity index (χ1) is 6.33. The molecule has 2 aromatic rings. The first-order valence-electron chi connectivity index (χ1n) is 4.42. The molecule has 0 spiro atoms. The molecule has 0 fully saturated rings. The number of rotatable bonds is 3. The third-order valence-corrected chi connectivity index (χ3v) is 3.10. The van der Waals surface area contributed by atoms with Crippen LogP contribution in [0.1, 0.15) is 12.1 Å². The van der Waals surface area contributed by atoms with Gasteiger partial charge in [0.1, 0.15) is 0 Å². The Kier molecular flexibility index (Phi) is 2.33. The van der Waals surface area contributed by atoms with Crippen molar-refractivity contribution >= 4 is 21.6 Å². The van der Waals surface area contributed by atoms with Crippen LogP contribution in [0, 0.1) is 0 Å². The summed E-state index contributed by atoms with van der Waals surface area (Å²) < 4.78 is 3.26. The van der Waals surface area contributed by atoms with E-state index in [-0.39, 0.29) is 0 Å². The maximum Gasteiger partial charge on any atom is 0.0803 e. The van der Waals surface area contributed by atoms with Gasteiger partial charge in [-0.2, -0.15) is 5.10 Å². The number of nitrogens with two attached hydrogens (primary N) is 1. The van der Waals surface area contributed by atoms with Gasteiger partial charge in [0.25, 0.3) is 0 Å². The summed E-state index contributed by atoms with van der Waals surface area (Å²) in [4.78, 5) is 0. The molecular formula is C9H13N3S. The van der Waals surface area contributed by atoms with Gasteiger partial charge in [0.15, 0.2) is 0 Å². The van der Waals surface area contributed by atoms with Crippen LogP contribution in [0.5, 0.6) is 0 Å². The van der Waals surface area contributed by atoms with Gasteiger partial charge in [0, 0.05) is 7.05 Å². The lowest BCUT2D eigenvalue weighted by Gasteiger charge is -1.92. The lowest BCUT2D eigenvalue weighted by molar-refractivity contribution is 0.739. The fourth-order valence-corrected chi connectivity index (χ4v) is 2.42. The normalized spacial score (nSPS) is 11.2. The van der Waals surface area contributed by atoms with Crippen molar-refractivity contribution in [3.8, 4) is 0 Å². The van der Waals surface area contributed by atoms with Crippen LogP contribution in [-0.4, -0.2) is 16.3 Å². The van der Waals surface area contributed by atoms with E-state index >= 15 is 0 Å². The summed E-state index contributed by atoms with van der Waals surface area (Å²) >= 11 is 1.76. The monoisotopic (exact) mass is 195 g/mol. The quantitative estimate of drug-likeness (QED) is 0.807. The van der Waals surface area contributed by atoms with Crippen LogP contribution < -0.4 is 5.73 Å². The Balaban J connectivity index is 2.38. The molecule has 0 amide bonds. The molecule has 0 atom stereocenters. The van der Waals surface area contributed by atoms with Crippen LogP contribution in [0.15, 0.2) is 11.4 Å². The molecule has 2 N–H and O–H groups in total. The summed E-state index contributed by atoms with van der Waals surface area (Å²) in [5.41, 5.74) is 7.90. The van der Waals surface area contributed by atoms with E-state index in [1.54, 1.807) is 11.3 Å². The van der Waals surface area contributed by atoms with Crippen molar-refractivity contribution in [3.63, 3.8) is 0 Å². The van der Waals surface area contributed by atoms with Gasteiger partial charge in [0.2, 0.25) is 0 Å². The third-order valence-electron chi connectivity index (χ3n) is 2.14. The van der Waals surface area contributed by atoms with Crippen molar-refractivity contribution < 1.29 is 0 Å². The Hall–Kier alpha value is -0.870. The highest BCUT2D eigenvalue weighted by molar-refractivity contribution is 7.17. The molecule has 70 valence electrons. The maximum atomic E-state index is 5.47. The molecule has 0 aliphatic rings. The number of hydrogen-bond donors (Lipinski definition) is 1. The van der Waals surface area contributed by atoms with Crippen LogP contribution >= 0.6 is 11.3 Å². The molecule has 2 heterocycles. The fraction of sp³-hybridized carbons (Fsp3) is 0.444. The lowest BCUT2D eigenvalue weighted by atomic mass is 10.2. The molecule has 0 unspecified atom stereocenters. The average Bonchev–Trinajstić information content (AvgIpc) is 2.67. The highest BCUT2D eigenvalue weighted by Gasteiger charge is 2.08. The second-order valence-corrected chi connectivity index (χ2v) is 4.01. The Morgan fingerprint density at radius 3 is 3.23 bits per heavy atom. The summed E-state index contributed by atoms with van der Waals surface area (Å²) in [6.45, 7) is 0.740. The Morgan fingerprint density at radius 2 is 2.46 bits per heavy atom. The number of aromatic nitrogens is 2. The van der Waals surface area contributed by atoms with E-state index in [9.17, 15) is 0 Å². The number of fused-ring (bicyclic) bond motifs is 1. The molecule has 0 aliphatic heterocycles. The predicted octanol–water partition coefficient (Wildman–Crippen LogP) is 1.53. The highest BCUT2D eigenvalue weighted by Crippen LogP contribution is 2.24. The molecule has 0 radical (unpaired) electrons. The predicted molar refractivity (Wildman–Crippen MR) is 56.0 cm³/mol. The molecule has 0 aromatic carbocycles. The summed E-state index contributed by atoms with van der Waals surface area (Å²) in [5.74, 6) is 0. The summed E-state index contributed by atoms with van der Waals surface area (Å²) in [6, 6.07) is 2.11. The summed E-state index contributed by atoms with van der Waals surface area (Å²) in [7, 11) is 1.99. The van der Waals surface area contributed by atoms with Crippen LogP contribution in [0.4, 0.5) is 0 Å². The zero-order valence-corrected chi connectivity index (χ0v) is 8.47. The fourth-order valence-electron chi connectivity index (χ4n) is 1.49. The van der Waals surface area contributed by atoms with Gasteiger partial charge in [-0.05, 0) is 30.8 Å². The van der Waals surface area contributed by atoms with Crippen molar-refractivity contribution in [1.82, 2.24) is 9.78 Å². The topological polar surface area (TPSA) is 43.8 Å². The highest BCUT2D eigenvalue weighted by atomic mass is 32.1. The zero-order valence-electron chi connectivity index (χ0n) is 7.66. The molecular weight excluding hydrogens is 182 g/mol. The van der Waals surface area contributed by atoms with Gasteiger partial charge in [-0.15, -0.1) is 11.3 Å². The maximum absolute atomic E-state index is 5.47. The zero-order chi connectivity index (χ0) is 9.26. The second-order valence-electron chi connectivity index (χ2n) is 3.10. The van der Waals surface area contributed by atoms with Crippen molar-refractivity contribution in [2.75, 3.05) is 6.54 Å². The smallest absolute Gasteiger partial charge is 0.0803 e. The van der Waals surface area contributed by atoms with Gasteiger partial charge in [-0.1, -0.05) is 0 Å². The van der Waals surface area contributed by atoms with E-state index < -0.39 is 0 Å². The van der Waals surface area contributed by atoms with Crippen LogP contribution in [0.2, 0.25) is 0 Å². The molecule has 2 aromatic heterocycles. The van der Waals surface area contributed by atoms with Crippen molar-refractivity contribution in [1.29, 1.82) is 0 Å². The van der Waals surface area contributed by atoms with Gasteiger partial charge in [-0.3, -0.25) is 4.68 Å². The Labute approximate surface area is 81.2 Å². The largest absolute Gasteiger partial charge is 0.330 e. The van der Waals surface area contributed by atoms with Crippen molar-refractivity contribution in [2.24, 2.45) is 12.8 Å². The van der Waals surface area contributed by atoms with Crippen molar-refractivity contribution in [2.45, 2.75) is 12.8 Å². The van der Waals surface area contributed by atoms with Crippen LogP contribution in [-0.2, 0) is 13.5 Å². The first kappa shape index (κ1) is 8.72. The minimum atomic E-state index is 0.740. The number of thiophene rings is 1. The second kappa shape index (κ2) is 3.47. The third kappa shape index (κ3) is 1.47. The summed E-state index contributed by atoms with van der Waals surface area (Å²) in [6.07, 6.45) is 2.01. The van der Waals surface area contributed by atoms with Crippen molar-refractivity contribution in [3.05, 3.63) is 17.1 Å². The Morgan fingerprint density at radius 1 is 1.62 bits per heavy atom. The van der Waals surface area contributed by atoms with E-state index in [0.717, 1.165) is 19.4 Å². The molecule has 3 nitrogen and oxygen atoms in total. The van der Waals surface area contributed by atoms with Gasteiger partial charge < -0.3 is 5.73 Å². The number of nitrogens with zero attached hydrogens (tertiary/aromatic N) is 2. The van der Waals surface area contributed by atoms with Crippen LogP contribution in [0.3, 0.4) is 0 Å². The van der Waals surface area contributed by atoms with Crippen LogP contribution in [0.25, 0.3) is 10.2 Å². The molecule has 13 heavy (non-hydrogen) atoms. The first-order valence-corrected chi connectivity index (χ1v) is 5.30. The van der Waals surface area contributed by atoms with E-state index in [1.165, 1.54) is 15.9 Å². The average molecular weight is 195 g/mol. The Bertz CT molecular complexity index is 402. The minimum absolute atomic E-state index is 0.740. The molecule has 2 rings (SSSR count). The minimum Gasteiger partial charge on any atom is -0.330 e. The molecule has 0 saturated carbocycles. The molecule has 0 saturated heterocycles. The van der Waals surface area contributed by atoms with Gasteiger partial charge in [0.05, 0.1) is 15.9 Å². The van der Waals surface area contributed by atoms with E-state index in [4.69, 9.17) is 5.73 Å². The molecule has 0 bridgehead atoms. The molecule has 0 aliphatic carbocycles. The SMILES string of the molecule is Cn1nc(CCCN)c2sccc21. The number of aryl methyl sites for hydroxylation is 2. The standard InChI is InChI=1S/C9H13N3S/c1-12-8-4-6-13-9(8)7(11-12)3-2-5-10/h4,6H,2-3,5,10H2,1H3.